The van der Waals surface area contributed by atoms with E-state index in [4.69, 9.17) is 9.72 Å². The SMILES string of the molecule is COc1ccc(Cc2nc3c(c4c2[nH]c2ccccc24)CCC(C)C3)cc1. The maximum absolute atomic E-state index is 5.29. The lowest BCUT2D eigenvalue weighted by Crippen LogP contribution is -2.15. The van der Waals surface area contributed by atoms with Gasteiger partial charge in [-0.3, -0.25) is 4.98 Å². The lowest BCUT2D eigenvalue weighted by Gasteiger charge is -2.22. The Kier molecular flexibility index (Phi) is 3.89. The van der Waals surface area contributed by atoms with E-state index in [-0.39, 0.29) is 0 Å². The first kappa shape index (κ1) is 16.4. The Balaban J connectivity index is 1.71. The molecule has 1 unspecified atom stereocenters. The highest BCUT2D eigenvalue weighted by Gasteiger charge is 2.23. The van der Waals surface area contributed by atoms with E-state index >= 15 is 0 Å². The number of hydrogen-bond donors (Lipinski definition) is 1. The molecule has 2 aromatic carbocycles. The molecule has 0 spiro atoms. The molecule has 3 heteroatoms. The zero-order valence-corrected chi connectivity index (χ0v) is 15.9. The Labute approximate surface area is 159 Å². The van der Waals surface area contributed by atoms with Gasteiger partial charge in [-0.2, -0.15) is 0 Å². The number of aryl methyl sites for hydroxylation is 1. The van der Waals surface area contributed by atoms with Crippen LogP contribution in [0.1, 0.15) is 35.9 Å². The summed E-state index contributed by atoms with van der Waals surface area (Å²) < 4.78 is 5.29. The maximum atomic E-state index is 5.29. The summed E-state index contributed by atoms with van der Waals surface area (Å²) in [6.07, 6.45) is 4.29. The largest absolute Gasteiger partial charge is 0.497 e. The zero-order valence-electron chi connectivity index (χ0n) is 15.9. The number of benzene rings is 2. The smallest absolute Gasteiger partial charge is 0.118 e. The Bertz CT molecular complexity index is 1120. The van der Waals surface area contributed by atoms with Crippen molar-refractivity contribution in [2.75, 3.05) is 7.11 Å². The molecule has 136 valence electrons. The van der Waals surface area contributed by atoms with Gasteiger partial charge in [-0.1, -0.05) is 37.3 Å². The number of para-hydroxylation sites is 1. The average molecular weight is 356 g/mol. The quantitative estimate of drug-likeness (QED) is 0.531. The van der Waals surface area contributed by atoms with Gasteiger partial charge in [0.2, 0.25) is 0 Å². The van der Waals surface area contributed by atoms with Gasteiger partial charge in [-0.05, 0) is 54.5 Å². The summed E-state index contributed by atoms with van der Waals surface area (Å²) in [4.78, 5) is 8.83. The Hall–Kier alpha value is -2.81. The van der Waals surface area contributed by atoms with E-state index in [0.717, 1.165) is 30.7 Å². The van der Waals surface area contributed by atoms with E-state index in [1.165, 1.54) is 45.0 Å². The van der Waals surface area contributed by atoms with Gasteiger partial charge in [0.05, 0.1) is 18.3 Å². The lowest BCUT2D eigenvalue weighted by atomic mass is 9.85. The topological polar surface area (TPSA) is 37.9 Å². The van der Waals surface area contributed by atoms with Crippen molar-refractivity contribution in [3.63, 3.8) is 0 Å². The van der Waals surface area contributed by atoms with E-state index in [2.05, 4.69) is 48.3 Å². The molecule has 3 nitrogen and oxygen atoms in total. The molecule has 0 aliphatic heterocycles. The Morgan fingerprint density at radius 2 is 1.93 bits per heavy atom. The van der Waals surface area contributed by atoms with E-state index in [0.29, 0.717) is 5.92 Å². The number of H-pyrrole nitrogens is 1. The van der Waals surface area contributed by atoms with E-state index < -0.39 is 0 Å². The van der Waals surface area contributed by atoms with Gasteiger partial charge in [-0.15, -0.1) is 0 Å². The van der Waals surface area contributed by atoms with Gasteiger partial charge in [0.1, 0.15) is 5.75 Å². The molecular formula is C24H24N2O. The molecule has 0 saturated carbocycles. The molecule has 2 heterocycles. The molecule has 1 aliphatic carbocycles. The van der Waals surface area contributed by atoms with Gasteiger partial charge in [0, 0.05) is 28.4 Å². The van der Waals surface area contributed by atoms with Crippen LogP contribution in [0.4, 0.5) is 0 Å². The zero-order chi connectivity index (χ0) is 18.4. The summed E-state index contributed by atoms with van der Waals surface area (Å²) in [5.74, 6) is 1.60. The molecule has 0 fully saturated rings. The summed E-state index contributed by atoms with van der Waals surface area (Å²) in [5, 5.41) is 2.72. The van der Waals surface area contributed by atoms with Crippen LogP contribution in [0.5, 0.6) is 5.75 Å². The fourth-order valence-electron chi connectivity index (χ4n) is 4.43. The Morgan fingerprint density at radius 3 is 2.74 bits per heavy atom. The van der Waals surface area contributed by atoms with Crippen molar-refractivity contribution in [1.29, 1.82) is 0 Å². The predicted octanol–water partition coefficient (Wildman–Crippen LogP) is 5.44. The number of nitrogens with one attached hydrogen (secondary N) is 1. The van der Waals surface area contributed by atoms with Crippen molar-refractivity contribution in [2.24, 2.45) is 5.92 Å². The van der Waals surface area contributed by atoms with Crippen LogP contribution in [0.3, 0.4) is 0 Å². The molecule has 5 rings (SSSR count). The average Bonchev–Trinajstić information content (AvgIpc) is 3.08. The molecule has 1 N–H and O–H groups in total. The third-order valence-electron chi connectivity index (χ3n) is 5.87. The summed E-state index contributed by atoms with van der Waals surface area (Å²) >= 11 is 0. The highest BCUT2D eigenvalue weighted by Crippen LogP contribution is 2.36. The van der Waals surface area contributed by atoms with Crippen LogP contribution in [-0.2, 0) is 19.3 Å². The molecule has 2 aromatic heterocycles. The third-order valence-corrected chi connectivity index (χ3v) is 5.87. The minimum atomic E-state index is 0.710. The van der Waals surface area contributed by atoms with Crippen molar-refractivity contribution >= 4 is 21.8 Å². The number of aromatic amines is 1. The minimum absolute atomic E-state index is 0.710. The number of fused-ring (bicyclic) bond motifs is 5. The van der Waals surface area contributed by atoms with Crippen LogP contribution < -0.4 is 4.74 Å². The van der Waals surface area contributed by atoms with Crippen LogP contribution in [-0.4, -0.2) is 17.1 Å². The first-order chi connectivity index (χ1) is 13.2. The van der Waals surface area contributed by atoms with E-state index in [9.17, 15) is 0 Å². The fourth-order valence-corrected chi connectivity index (χ4v) is 4.43. The number of aromatic nitrogens is 2. The molecule has 0 bridgehead atoms. The second-order valence-electron chi connectivity index (χ2n) is 7.78. The van der Waals surface area contributed by atoms with Crippen molar-refractivity contribution < 1.29 is 4.74 Å². The molecule has 0 saturated heterocycles. The first-order valence-electron chi connectivity index (χ1n) is 9.77. The highest BCUT2D eigenvalue weighted by atomic mass is 16.5. The van der Waals surface area contributed by atoms with Gasteiger partial charge >= 0.3 is 0 Å². The lowest BCUT2D eigenvalue weighted by molar-refractivity contribution is 0.414. The van der Waals surface area contributed by atoms with Gasteiger partial charge < -0.3 is 9.72 Å². The fraction of sp³-hybridized carbons (Fsp3) is 0.292. The van der Waals surface area contributed by atoms with E-state index in [1.54, 1.807) is 7.11 Å². The third kappa shape index (κ3) is 2.78. The normalized spacial score (nSPS) is 16.6. The molecule has 4 aromatic rings. The number of ether oxygens (including phenoxy) is 1. The second kappa shape index (κ2) is 6.41. The number of nitrogens with zero attached hydrogens (tertiary/aromatic N) is 1. The van der Waals surface area contributed by atoms with Crippen LogP contribution in [0.2, 0.25) is 0 Å². The number of methoxy groups -OCH3 is 1. The van der Waals surface area contributed by atoms with Crippen molar-refractivity contribution in [3.05, 3.63) is 71.0 Å². The Morgan fingerprint density at radius 1 is 1.11 bits per heavy atom. The van der Waals surface area contributed by atoms with E-state index in [1.807, 2.05) is 12.1 Å². The summed E-state index contributed by atoms with van der Waals surface area (Å²) in [5.41, 5.74) is 7.58. The standard InChI is InChI=1S/C24H24N2O/c1-15-7-12-19-21(13-15)25-22(14-16-8-10-17(27-2)11-9-16)24-23(19)18-5-3-4-6-20(18)26-24/h3-6,8-11,15,26H,7,12-14H2,1-2H3. The molecule has 27 heavy (non-hydrogen) atoms. The highest BCUT2D eigenvalue weighted by molar-refractivity contribution is 6.10. The predicted molar refractivity (Wildman–Crippen MR) is 111 cm³/mol. The molecule has 0 amide bonds. The summed E-state index contributed by atoms with van der Waals surface area (Å²) in [7, 11) is 1.70. The van der Waals surface area contributed by atoms with Crippen LogP contribution >= 0.6 is 0 Å². The molecule has 1 aliphatic rings. The van der Waals surface area contributed by atoms with Crippen molar-refractivity contribution in [1.82, 2.24) is 9.97 Å². The molecule has 1 atom stereocenters. The van der Waals surface area contributed by atoms with Crippen LogP contribution in [0, 0.1) is 5.92 Å². The summed E-state index contributed by atoms with van der Waals surface area (Å²) in [6, 6.07) is 17.0. The van der Waals surface area contributed by atoms with Crippen LogP contribution in [0.25, 0.3) is 21.8 Å². The summed E-state index contributed by atoms with van der Waals surface area (Å²) in [6.45, 7) is 2.34. The number of pyridine rings is 1. The molecular weight excluding hydrogens is 332 g/mol. The first-order valence-corrected chi connectivity index (χ1v) is 9.77. The minimum Gasteiger partial charge on any atom is -0.497 e. The van der Waals surface area contributed by atoms with Crippen molar-refractivity contribution in [3.8, 4) is 5.75 Å². The monoisotopic (exact) mass is 356 g/mol. The second-order valence-corrected chi connectivity index (χ2v) is 7.78. The maximum Gasteiger partial charge on any atom is 0.118 e. The van der Waals surface area contributed by atoms with Gasteiger partial charge in [0.25, 0.3) is 0 Å². The van der Waals surface area contributed by atoms with Crippen LogP contribution in [0.15, 0.2) is 48.5 Å². The molecule has 0 radical (unpaired) electrons. The van der Waals surface area contributed by atoms with Gasteiger partial charge in [0.15, 0.2) is 0 Å². The number of hydrogen-bond acceptors (Lipinski definition) is 2. The number of rotatable bonds is 3. The van der Waals surface area contributed by atoms with Crippen molar-refractivity contribution in [2.45, 2.75) is 32.6 Å². The van der Waals surface area contributed by atoms with Gasteiger partial charge in [-0.25, -0.2) is 0 Å².